The van der Waals surface area contributed by atoms with Crippen LogP contribution in [0.25, 0.3) is 22.4 Å². The van der Waals surface area contributed by atoms with Gasteiger partial charge in [0.05, 0.1) is 5.39 Å². The Hall–Kier alpha value is -2.53. The number of hydrogen-bond donors (Lipinski definition) is 0. The van der Waals surface area contributed by atoms with Crippen LogP contribution in [0.4, 0.5) is 4.39 Å². The molecule has 1 aromatic carbocycles. The van der Waals surface area contributed by atoms with E-state index in [2.05, 4.69) is 9.88 Å². The van der Waals surface area contributed by atoms with Gasteiger partial charge in [-0.1, -0.05) is 0 Å². The summed E-state index contributed by atoms with van der Waals surface area (Å²) in [6.45, 7) is 2.99. The molecule has 0 aliphatic carbocycles. The van der Waals surface area contributed by atoms with E-state index in [1.54, 1.807) is 18.3 Å². The monoisotopic (exact) mass is 324 g/mol. The standard InChI is InChI=1S/C19H17FN2O2/c20-15-5-3-14(4-6-15)18-10-17(23)16-9-13(11-21-19(16)24-18)12-22-7-1-2-8-22/h3-6,9-11H,1-2,7-8,12H2. The molecule has 4 rings (SSSR count). The van der Waals surface area contributed by atoms with Crippen molar-refractivity contribution in [1.82, 2.24) is 9.88 Å². The summed E-state index contributed by atoms with van der Waals surface area (Å²) in [5.74, 6) is 0.0684. The topological polar surface area (TPSA) is 46.3 Å². The van der Waals surface area contributed by atoms with Crippen molar-refractivity contribution < 1.29 is 8.81 Å². The normalized spacial score (nSPS) is 15.2. The minimum atomic E-state index is -0.327. The summed E-state index contributed by atoms with van der Waals surface area (Å²) in [5.41, 5.74) is 1.85. The highest BCUT2D eigenvalue weighted by Gasteiger charge is 2.14. The van der Waals surface area contributed by atoms with Crippen LogP contribution in [0, 0.1) is 5.82 Å². The van der Waals surface area contributed by atoms with Crippen LogP contribution < -0.4 is 5.43 Å². The molecule has 0 amide bonds. The quantitative estimate of drug-likeness (QED) is 0.739. The lowest BCUT2D eigenvalue weighted by atomic mass is 10.1. The van der Waals surface area contributed by atoms with Crippen molar-refractivity contribution in [2.45, 2.75) is 19.4 Å². The number of pyridine rings is 1. The van der Waals surface area contributed by atoms with Crippen molar-refractivity contribution in [2.24, 2.45) is 0 Å². The number of halogens is 1. The first-order chi connectivity index (χ1) is 11.7. The van der Waals surface area contributed by atoms with Crippen LogP contribution in [0.15, 0.2) is 51.8 Å². The molecular weight excluding hydrogens is 307 g/mol. The second-order valence-electron chi connectivity index (χ2n) is 6.16. The predicted octanol–water partition coefficient (Wildman–Crippen LogP) is 3.59. The van der Waals surface area contributed by atoms with Crippen molar-refractivity contribution >= 4 is 11.1 Å². The smallest absolute Gasteiger partial charge is 0.230 e. The van der Waals surface area contributed by atoms with E-state index in [9.17, 15) is 9.18 Å². The van der Waals surface area contributed by atoms with Crippen LogP contribution >= 0.6 is 0 Å². The largest absolute Gasteiger partial charge is 0.437 e. The third-order valence-electron chi connectivity index (χ3n) is 4.38. The van der Waals surface area contributed by atoms with E-state index in [1.807, 2.05) is 6.07 Å². The molecule has 1 aliphatic rings. The van der Waals surface area contributed by atoms with Gasteiger partial charge < -0.3 is 4.42 Å². The average Bonchev–Trinajstić information content (AvgIpc) is 3.09. The van der Waals surface area contributed by atoms with E-state index >= 15 is 0 Å². The molecule has 5 heteroatoms. The number of fused-ring (bicyclic) bond motifs is 1. The van der Waals surface area contributed by atoms with E-state index in [1.165, 1.54) is 31.0 Å². The fraction of sp³-hybridized carbons (Fsp3) is 0.263. The molecule has 0 radical (unpaired) electrons. The highest BCUT2D eigenvalue weighted by atomic mass is 19.1. The average molecular weight is 324 g/mol. The number of nitrogens with zero attached hydrogens (tertiary/aromatic N) is 2. The molecule has 0 bridgehead atoms. The summed E-state index contributed by atoms with van der Waals surface area (Å²) in [6.07, 6.45) is 4.21. The maximum absolute atomic E-state index is 13.0. The van der Waals surface area contributed by atoms with Crippen LogP contribution in [0.5, 0.6) is 0 Å². The van der Waals surface area contributed by atoms with Gasteiger partial charge in [0, 0.05) is 24.4 Å². The van der Waals surface area contributed by atoms with Crippen molar-refractivity contribution in [1.29, 1.82) is 0 Å². The third-order valence-corrected chi connectivity index (χ3v) is 4.38. The van der Waals surface area contributed by atoms with Gasteiger partial charge in [-0.2, -0.15) is 0 Å². The van der Waals surface area contributed by atoms with Crippen LogP contribution in [-0.2, 0) is 6.54 Å². The van der Waals surface area contributed by atoms with Crippen molar-refractivity contribution in [2.75, 3.05) is 13.1 Å². The van der Waals surface area contributed by atoms with Gasteiger partial charge in [-0.3, -0.25) is 9.69 Å². The van der Waals surface area contributed by atoms with E-state index < -0.39 is 0 Å². The van der Waals surface area contributed by atoms with Gasteiger partial charge >= 0.3 is 0 Å². The van der Waals surface area contributed by atoms with Gasteiger partial charge in [0.1, 0.15) is 11.6 Å². The second-order valence-corrected chi connectivity index (χ2v) is 6.16. The summed E-state index contributed by atoms with van der Waals surface area (Å²) in [6, 6.07) is 9.15. The fourth-order valence-electron chi connectivity index (χ4n) is 3.13. The number of rotatable bonds is 3. The molecule has 0 N–H and O–H groups in total. The molecule has 0 atom stereocenters. The Bertz CT molecular complexity index is 928. The van der Waals surface area contributed by atoms with Crippen molar-refractivity contribution in [3.05, 3.63) is 64.2 Å². The zero-order chi connectivity index (χ0) is 16.5. The van der Waals surface area contributed by atoms with E-state index in [-0.39, 0.29) is 11.2 Å². The molecule has 122 valence electrons. The zero-order valence-electron chi connectivity index (χ0n) is 13.2. The number of aromatic nitrogens is 1. The maximum Gasteiger partial charge on any atom is 0.230 e. The molecule has 1 fully saturated rings. The highest BCUT2D eigenvalue weighted by molar-refractivity contribution is 5.75. The van der Waals surface area contributed by atoms with E-state index in [4.69, 9.17) is 4.42 Å². The molecule has 3 aromatic rings. The Balaban J connectivity index is 1.71. The molecule has 1 saturated heterocycles. The highest BCUT2D eigenvalue weighted by Crippen LogP contribution is 2.22. The van der Waals surface area contributed by atoms with Crippen LogP contribution in [0.3, 0.4) is 0 Å². The first kappa shape index (κ1) is 15.0. The second kappa shape index (κ2) is 6.17. The van der Waals surface area contributed by atoms with E-state index in [0.29, 0.717) is 22.4 Å². The van der Waals surface area contributed by atoms with Crippen molar-refractivity contribution in [3.63, 3.8) is 0 Å². The molecule has 0 spiro atoms. The summed E-state index contributed by atoms with van der Waals surface area (Å²) in [7, 11) is 0. The SMILES string of the molecule is O=c1cc(-c2ccc(F)cc2)oc2ncc(CN3CCCC3)cc12. The lowest BCUT2D eigenvalue weighted by molar-refractivity contribution is 0.331. The number of hydrogen-bond acceptors (Lipinski definition) is 4. The van der Waals surface area contributed by atoms with Gasteiger partial charge in [-0.05, 0) is 61.8 Å². The molecule has 2 aromatic heterocycles. The minimum Gasteiger partial charge on any atom is -0.437 e. The van der Waals surface area contributed by atoms with Gasteiger partial charge in [-0.25, -0.2) is 9.37 Å². The molecule has 24 heavy (non-hydrogen) atoms. The predicted molar refractivity (Wildman–Crippen MR) is 90.2 cm³/mol. The Labute approximate surface area is 138 Å². The number of likely N-dealkylation sites (tertiary alicyclic amines) is 1. The van der Waals surface area contributed by atoms with E-state index in [0.717, 1.165) is 25.2 Å². The first-order valence-corrected chi connectivity index (χ1v) is 8.10. The zero-order valence-corrected chi connectivity index (χ0v) is 13.2. The fourth-order valence-corrected chi connectivity index (χ4v) is 3.13. The Morgan fingerprint density at radius 2 is 1.88 bits per heavy atom. The van der Waals surface area contributed by atoms with Gasteiger partial charge in [0.15, 0.2) is 5.43 Å². The first-order valence-electron chi connectivity index (χ1n) is 8.10. The van der Waals surface area contributed by atoms with Crippen molar-refractivity contribution in [3.8, 4) is 11.3 Å². The summed E-state index contributed by atoms with van der Waals surface area (Å²) >= 11 is 0. The molecule has 0 saturated carbocycles. The summed E-state index contributed by atoms with van der Waals surface area (Å²) < 4.78 is 18.8. The molecule has 3 heterocycles. The van der Waals surface area contributed by atoms with Gasteiger partial charge in [-0.15, -0.1) is 0 Å². The Kier molecular flexibility index (Phi) is 3.86. The Morgan fingerprint density at radius 1 is 1.12 bits per heavy atom. The van der Waals surface area contributed by atoms with Gasteiger partial charge in [0.2, 0.25) is 5.71 Å². The third kappa shape index (κ3) is 2.95. The lowest BCUT2D eigenvalue weighted by Crippen LogP contribution is -2.18. The minimum absolute atomic E-state index is 0.133. The van der Waals surface area contributed by atoms with Gasteiger partial charge in [0.25, 0.3) is 0 Å². The Morgan fingerprint density at radius 3 is 2.62 bits per heavy atom. The lowest BCUT2D eigenvalue weighted by Gasteiger charge is -2.14. The number of benzene rings is 1. The summed E-state index contributed by atoms with van der Waals surface area (Å²) in [4.78, 5) is 19.1. The molecule has 1 aliphatic heterocycles. The summed E-state index contributed by atoms with van der Waals surface area (Å²) in [5, 5.41) is 0.484. The maximum atomic E-state index is 13.0. The van der Waals surface area contributed by atoms with Crippen LogP contribution in [0.1, 0.15) is 18.4 Å². The molecule has 0 unspecified atom stereocenters. The molecule has 4 nitrogen and oxygen atoms in total. The van der Waals surface area contributed by atoms with Crippen LogP contribution in [-0.4, -0.2) is 23.0 Å². The molecular formula is C19H17FN2O2. The van der Waals surface area contributed by atoms with Crippen LogP contribution in [0.2, 0.25) is 0 Å².